The van der Waals surface area contributed by atoms with Crippen LogP contribution in [-0.2, 0) is 6.42 Å². The smallest absolute Gasteiger partial charge is 0.127 e. The van der Waals surface area contributed by atoms with Crippen LogP contribution in [-0.4, -0.2) is 13.7 Å². The molecule has 2 atom stereocenters. The van der Waals surface area contributed by atoms with Crippen molar-refractivity contribution in [1.29, 1.82) is 0 Å². The number of para-hydroxylation sites is 1. The molecule has 0 aliphatic carbocycles. The van der Waals surface area contributed by atoms with Crippen LogP contribution in [0.1, 0.15) is 35.6 Å². The summed E-state index contributed by atoms with van der Waals surface area (Å²) >= 11 is 0. The molecule has 0 fully saturated rings. The maximum absolute atomic E-state index is 5.86. The standard InChI is InChI=1S/C18H21NO/c1-13(14-7-4-3-5-8-14)17(19-2)16-10-6-9-15-11-12-20-18(15)16/h3-10,13,17,19H,11-12H2,1-2H3. The van der Waals surface area contributed by atoms with Gasteiger partial charge in [-0.15, -0.1) is 0 Å². The highest BCUT2D eigenvalue weighted by molar-refractivity contribution is 5.46. The van der Waals surface area contributed by atoms with Crippen molar-refractivity contribution in [2.75, 3.05) is 13.7 Å². The van der Waals surface area contributed by atoms with Crippen molar-refractivity contribution in [3.05, 3.63) is 65.2 Å². The number of nitrogens with one attached hydrogen (secondary N) is 1. The fourth-order valence-electron chi connectivity index (χ4n) is 3.11. The summed E-state index contributed by atoms with van der Waals surface area (Å²) in [6.07, 6.45) is 1.03. The van der Waals surface area contributed by atoms with Gasteiger partial charge in [0, 0.05) is 23.9 Å². The number of likely N-dealkylation sites (N-methyl/N-ethyl adjacent to an activating group) is 1. The average Bonchev–Trinajstić information content (AvgIpc) is 2.98. The molecule has 2 aromatic rings. The lowest BCUT2D eigenvalue weighted by molar-refractivity contribution is 0.346. The van der Waals surface area contributed by atoms with E-state index >= 15 is 0 Å². The minimum absolute atomic E-state index is 0.269. The summed E-state index contributed by atoms with van der Waals surface area (Å²) in [5.74, 6) is 1.49. The first-order valence-corrected chi connectivity index (χ1v) is 7.28. The second-order valence-corrected chi connectivity index (χ2v) is 5.40. The van der Waals surface area contributed by atoms with E-state index in [-0.39, 0.29) is 6.04 Å². The molecule has 0 spiro atoms. The molecule has 0 bridgehead atoms. The summed E-state index contributed by atoms with van der Waals surface area (Å²) in [4.78, 5) is 0. The van der Waals surface area contributed by atoms with Gasteiger partial charge in [-0.3, -0.25) is 0 Å². The Hall–Kier alpha value is -1.80. The molecule has 0 saturated heterocycles. The van der Waals surface area contributed by atoms with E-state index in [2.05, 4.69) is 60.8 Å². The van der Waals surface area contributed by atoms with Crippen LogP contribution in [0.25, 0.3) is 0 Å². The van der Waals surface area contributed by atoms with Gasteiger partial charge in [0.25, 0.3) is 0 Å². The summed E-state index contributed by atoms with van der Waals surface area (Å²) < 4.78 is 5.86. The normalized spacial score (nSPS) is 16.3. The van der Waals surface area contributed by atoms with Crippen LogP contribution in [0.3, 0.4) is 0 Å². The summed E-state index contributed by atoms with van der Waals surface area (Å²) in [5.41, 5.74) is 3.96. The lowest BCUT2D eigenvalue weighted by Gasteiger charge is -2.26. The van der Waals surface area contributed by atoms with E-state index in [4.69, 9.17) is 4.74 Å². The Balaban J connectivity index is 1.97. The minimum Gasteiger partial charge on any atom is -0.493 e. The van der Waals surface area contributed by atoms with Crippen molar-refractivity contribution >= 4 is 0 Å². The third-order valence-corrected chi connectivity index (χ3v) is 4.22. The molecule has 0 saturated carbocycles. The SMILES string of the molecule is CNC(c1cccc2c1OCC2)C(C)c1ccccc1. The second kappa shape index (κ2) is 5.68. The summed E-state index contributed by atoms with van der Waals surface area (Å²) in [6.45, 7) is 3.08. The van der Waals surface area contributed by atoms with Gasteiger partial charge >= 0.3 is 0 Å². The summed E-state index contributed by atoms with van der Waals surface area (Å²) in [5, 5.41) is 3.47. The maximum Gasteiger partial charge on any atom is 0.127 e. The number of benzene rings is 2. The first kappa shape index (κ1) is 13.2. The van der Waals surface area contributed by atoms with Crippen LogP contribution < -0.4 is 10.1 Å². The number of hydrogen-bond donors (Lipinski definition) is 1. The largest absolute Gasteiger partial charge is 0.493 e. The van der Waals surface area contributed by atoms with Crippen molar-refractivity contribution in [2.45, 2.75) is 25.3 Å². The van der Waals surface area contributed by atoms with Gasteiger partial charge < -0.3 is 10.1 Å². The molecular weight excluding hydrogens is 246 g/mol. The fraction of sp³-hybridized carbons (Fsp3) is 0.333. The van der Waals surface area contributed by atoms with Gasteiger partial charge in [0.15, 0.2) is 0 Å². The van der Waals surface area contributed by atoms with Gasteiger partial charge in [-0.25, -0.2) is 0 Å². The average molecular weight is 267 g/mol. The Morgan fingerprint density at radius 1 is 1.05 bits per heavy atom. The van der Waals surface area contributed by atoms with Crippen LogP contribution >= 0.6 is 0 Å². The van der Waals surface area contributed by atoms with E-state index in [1.807, 2.05) is 7.05 Å². The summed E-state index contributed by atoms with van der Waals surface area (Å²) in [6, 6.07) is 17.4. The van der Waals surface area contributed by atoms with Crippen molar-refractivity contribution in [1.82, 2.24) is 5.32 Å². The predicted octanol–water partition coefficient (Wildman–Crippen LogP) is 3.69. The molecule has 104 valence electrons. The molecule has 3 rings (SSSR count). The molecule has 0 amide bonds. The van der Waals surface area contributed by atoms with Crippen LogP contribution in [0.4, 0.5) is 0 Å². The molecular formula is C18H21NO. The monoisotopic (exact) mass is 267 g/mol. The highest BCUT2D eigenvalue weighted by atomic mass is 16.5. The van der Waals surface area contributed by atoms with Gasteiger partial charge in [0.2, 0.25) is 0 Å². The minimum atomic E-state index is 0.269. The van der Waals surface area contributed by atoms with Crippen LogP contribution in [0.15, 0.2) is 48.5 Å². The van der Waals surface area contributed by atoms with E-state index in [0.29, 0.717) is 5.92 Å². The number of rotatable bonds is 4. The van der Waals surface area contributed by atoms with Gasteiger partial charge in [0.05, 0.1) is 6.61 Å². The predicted molar refractivity (Wildman–Crippen MR) is 82.3 cm³/mol. The molecule has 2 nitrogen and oxygen atoms in total. The number of ether oxygens (including phenoxy) is 1. The van der Waals surface area contributed by atoms with Crippen LogP contribution in [0, 0.1) is 0 Å². The Morgan fingerprint density at radius 3 is 2.60 bits per heavy atom. The lowest BCUT2D eigenvalue weighted by Crippen LogP contribution is -2.22. The first-order chi connectivity index (χ1) is 9.81. The number of hydrogen-bond acceptors (Lipinski definition) is 2. The lowest BCUT2D eigenvalue weighted by atomic mass is 9.87. The van der Waals surface area contributed by atoms with E-state index in [9.17, 15) is 0 Å². The molecule has 1 aliphatic rings. The van der Waals surface area contributed by atoms with E-state index in [1.165, 1.54) is 16.7 Å². The molecule has 0 radical (unpaired) electrons. The Morgan fingerprint density at radius 2 is 1.85 bits per heavy atom. The molecule has 1 N–H and O–H groups in total. The van der Waals surface area contributed by atoms with Crippen molar-refractivity contribution in [2.24, 2.45) is 0 Å². The molecule has 2 unspecified atom stereocenters. The third-order valence-electron chi connectivity index (χ3n) is 4.22. The highest BCUT2D eigenvalue weighted by Gasteiger charge is 2.25. The Labute approximate surface area is 120 Å². The second-order valence-electron chi connectivity index (χ2n) is 5.40. The van der Waals surface area contributed by atoms with E-state index in [1.54, 1.807) is 0 Å². The first-order valence-electron chi connectivity index (χ1n) is 7.28. The zero-order valence-corrected chi connectivity index (χ0v) is 12.1. The van der Waals surface area contributed by atoms with Gasteiger partial charge in [-0.1, -0.05) is 55.5 Å². The molecule has 1 aliphatic heterocycles. The van der Waals surface area contributed by atoms with Crippen molar-refractivity contribution in [3.63, 3.8) is 0 Å². The molecule has 1 heterocycles. The molecule has 2 aromatic carbocycles. The van der Waals surface area contributed by atoms with Crippen LogP contribution in [0.5, 0.6) is 5.75 Å². The van der Waals surface area contributed by atoms with Crippen LogP contribution in [0.2, 0.25) is 0 Å². The maximum atomic E-state index is 5.86. The highest BCUT2D eigenvalue weighted by Crippen LogP contribution is 2.39. The van der Waals surface area contributed by atoms with Gasteiger partial charge in [-0.05, 0) is 18.2 Å². The molecule has 0 aromatic heterocycles. The topological polar surface area (TPSA) is 21.3 Å². The Kier molecular flexibility index (Phi) is 3.75. The van der Waals surface area contributed by atoms with E-state index in [0.717, 1.165) is 18.8 Å². The van der Waals surface area contributed by atoms with Crippen molar-refractivity contribution in [3.8, 4) is 5.75 Å². The summed E-state index contributed by atoms with van der Waals surface area (Å²) in [7, 11) is 2.03. The van der Waals surface area contributed by atoms with Gasteiger partial charge in [-0.2, -0.15) is 0 Å². The quantitative estimate of drug-likeness (QED) is 0.912. The Bertz CT molecular complexity index is 579. The molecule has 20 heavy (non-hydrogen) atoms. The van der Waals surface area contributed by atoms with E-state index < -0.39 is 0 Å². The van der Waals surface area contributed by atoms with Gasteiger partial charge in [0.1, 0.15) is 5.75 Å². The molecule has 2 heteroatoms. The zero-order valence-electron chi connectivity index (χ0n) is 12.1. The zero-order chi connectivity index (χ0) is 13.9. The number of fused-ring (bicyclic) bond motifs is 1. The fourth-order valence-corrected chi connectivity index (χ4v) is 3.11. The third kappa shape index (κ3) is 2.32. The van der Waals surface area contributed by atoms with Crippen molar-refractivity contribution < 1.29 is 4.74 Å².